The molecule has 0 radical (unpaired) electrons. The van der Waals surface area contributed by atoms with Crippen LogP contribution in [0.2, 0.25) is 0 Å². The predicted molar refractivity (Wildman–Crippen MR) is 72.7 cm³/mol. The zero-order valence-corrected chi connectivity index (χ0v) is 11.5. The van der Waals surface area contributed by atoms with Crippen molar-refractivity contribution in [2.75, 3.05) is 11.9 Å². The summed E-state index contributed by atoms with van der Waals surface area (Å²) in [6, 6.07) is 4.89. The van der Waals surface area contributed by atoms with Crippen LogP contribution in [0.15, 0.2) is 21.9 Å². The van der Waals surface area contributed by atoms with E-state index in [0.717, 1.165) is 13.0 Å². The number of nitrogens with zero attached hydrogens (tertiary/aromatic N) is 2. The third-order valence-electron chi connectivity index (χ3n) is 2.59. The van der Waals surface area contributed by atoms with Crippen molar-refractivity contribution in [3.8, 4) is 0 Å². The quantitative estimate of drug-likeness (QED) is 0.807. The maximum absolute atomic E-state index is 5.52. The molecule has 0 amide bonds. The first-order chi connectivity index (χ1) is 8.83. The summed E-state index contributed by atoms with van der Waals surface area (Å²) < 4.78 is 5.52. The van der Waals surface area contributed by atoms with Crippen LogP contribution in [0.3, 0.4) is 0 Å². The van der Waals surface area contributed by atoms with E-state index in [4.69, 9.17) is 4.42 Å². The van der Waals surface area contributed by atoms with Gasteiger partial charge in [0, 0.05) is 4.88 Å². The molecule has 5 nitrogen and oxygen atoms in total. The van der Waals surface area contributed by atoms with Gasteiger partial charge in [-0.1, -0.05) is 25.0 Å². The fourth-order valence-corrected chi connectivity index (χ4v) is 2.49. The predicted octanol–water partition coefficient (Wildman–Crippen LogP) is 2.80. The highest BCUT2D eigenvalue weighted by Gasteiger charge is 2.13. The fourth-order valence-electron chi connectivity index (χ4n) is 1.63. The van der Waals surface area contributed by atoms with Gasteiger partial charge in [0.05, 0.1) is 12.6 Å². The molecule has 0 fully saturated rings. The van der Waals surface area contributed by atoms with E-state index in [2.05, 4.69) is 45.3 Å². The molecular weight excluding hydrogens is 248 g/mol. The maximum Gasteiger partial charge on any atom is 0.316 e. The van der Waals surface area contributed by atoms with Crippen LogP contribution in [0.1, 0.15) is 37.1 Å². The summed E-state index contributed by atoms with van der Waals surface area (Å²) in [6.07, 6.45) is 0.978. The van der Waals surface area contributed by atoms with Crippen LogP contribution < -0.4 is 10.6 Å². The van der Waals surface area contributed by atoms with Gasteiger partial charge in [-0.05, 0) is 24.4 Å². The molecule has 6 heteroatoms. The molecule has 0 saturated heterocycles. The maximum atomic E-state index is 5.52. The summed E-state index contributed by atoms with van der Waals surface area (Å²) in [5.41, 5.74) is 0. The van der Waals surface area contributed by atoms with Gasteiger partial charge in [0.1, 0.15) is 0 Å². The zero-order chi connectivity index (χ0) is 12.8. The monoisotopic (exact) mass is 266 g/mol. The average molecular weight is 266 g/mol. The number of nitrogens with one attached hydrogen (secondary N) is 2. The Bertz CT molecular complexity index is 454. The minimum Gasteiger partial charge on any atom is -0.407 e. The minimum absolute atomic E-state index is 0.234. The lowest BCUT2D eigenvalue weighted by molar-refractivity contribution is 0.476. The molecule has 0 aliphatic carbocycles. The standard InChI is InChI=1S/C12H18N4OS/c1-3-9(10-6-5-7-18-10)14-12-16-15-11(17-12)8-13-4-2/h5-7,9,13H,3-4,8H2,1-2H3,(H,14,16). The summed E-state index contributed by atoms with van der Waals surface area (Å²) in [5, 5.41) is 16.5. The van der Waals surface area contributed by atoms with Gasteiger partial charge < -0.3 is 15.1 Å². The van der Waals surface area contributed by atoms with Crippen molar-refractivity contribution in [1.29, 1.82) is 0 Å². The summed E-state index contributed by atoms with van der Waals surface area (Å²) in [7, 11) is 0. The molecule has 1 unspecified atom stereocenters. The normalized spacial score (nSPS) is 12.6. The van der Waals surface area contributed by atoms with Gasteiger partial charge in [0.25, 0.3) is 0 Å². The second-order valence-electron chi connectivity index (χ2n) is 3.90. The Morgan fingerprint density at radius 2 is 2.28 bits per heavy atom. The van der Waals surface area contributed by atoms with Crippen LogP contribution in [0.4, 0.5) is 6.01 Å². The Morgan fingerprint density at radius 1 is 1.39 bits per heavy atom. The SMILES string of the molecule is CCNCc1nnc(NC(CC)c2cccs2)o1. The molecule has 0 aromatic carbocycles. The largest absolute Gasteiger partial charge is 0.407 e. The molecule has 2 aromatic rings. The van der Waals surface area contributed by atoms with E-state index in [-0.39, 0.29) is 6.04 Å². The third kappa shape index (κ3) is 3.30. The average Bonchev–Trinajstić information content (AvgIpc) is 3.04. The Hall–Kier alpha value is -1.40. The van der Waals surface area contributed by atoms with Crippen LogP contribution in [-0.2, 0) is 6.54 Å². The van der Waals surface area contributed by atoms with Crippen LogP contribution in [0, 0.1) is 0 Å². The summed E-state index contributed by atoms with van der Waals surface area (Å²) in [5.74, 6) is 0.611. The zero-order valence-electron chi connectivity index (χ0n) is 10.6. The highest BCUT2D eigenvalue weighted by atomic mass is 32.1. The molecule has 0 aliphatic rings. The van der Waals surface area contributed by atoms with E-state index in [1.807, 2.05) is 6.92 Å². The van der Waals surface area contributed by atoms with Crippen molar-refractivity contribution in [2.24, 2.45) is 0 Å². The molecule has 98 valence electrons. The lowest BCUT2D eigenvalue weighted by atomic mass is 10.2. The number of hydrogen-bond acceptors (Lipinski definition) is 6. The van der Waals surface area contributed by atoms with E-state index in [9.17, 15) is 0 Å². The summed E-state index contributed by atoms with van der Waals surface area (Å²) in [6.45, 7) is 5.67. The van der Waals surface area contributed by atoms with Gasteiger partial charge in [0.2, 0.25) is 5.89 Å². The summed E-state index contributed by atoms with van der Waals surface area (Å²) in [4.78, 5) is 1.28. The van der Waals surface area contributed by atoms with Crippen LogP contribution in [0.5, 0.6) is 0 Å². The fraction of sp³-hybridized carbons (Fsp3) is 0.500. The van der Waals surface area contributed by atoms with Gasteiger partial charge in [-0.2, -0.15) is 0 Å². The second kappa shape index (κ2) is 6.51. The molecule has 18 heavy (non-hydrogen) atoms. The molecular formula is C12H18N4OS. The van der Waals surface area contributed by atoms with E-state index in [1.165, 1.54) is 4.88 Å². The Labute approximate surface area is 111 Å². The number of anilines is 1. The molecule has 2 heterocycles. The Morgan fingerprint density at radius 3 is 2.94 bits per heavy atom. The van der Waals surface area contributed by atoms with Crippen molar-refractivity contribution >= 4 is 17.4 Å². The van der Waals surface area contributed by atoms with Crippen LogP contribution in [-0.4, -0.2) is 16.7 Å². The third-order valence-corrected chi connectivity index (χ3v) is 3.57. The minimum atomic E-state index is 0.234. The summed E-state index contributed by atoms with van der Waals surface area (Å²) >= 11 is 1.73. The molecule has 2 N–H and O–H groups in total. The van der Waals surface area contributed by atoms with E-state index < -0.39 is 0 Å². The van der Waals surface area contributed by atoms with Crippen molar-refractivity contribution in [1.82, 2.24) is 15.5 Å². The molecule has 2 rings (SSSR count). The van der Waals surface area contributed by atoms with E-state index in [0.29, 0.717) is 18.5 Å². The van der Waals surface area contributed by atoms with Crippen molar-refractivity contribution in [2.45, 2.75) is 32.9 Å². The van der Waals surface area contributed by atoms with Crippen LogP contribution in [0.25, 0.3) is 0 Å². The van der Waals surface area contributed by atoms with Crippen molar-refractivity contribution in [3.63, 3.8) is 0 Å². The van der Waals surface area contributed by atoms with Crippen molar-refractivity contribution < 1.29 is 4.42 Å². The first kappa shape index (κ1) is 13.0. The Kier molecular flexibility index (Phi) is 4.72. The van der Waals surface area contributed by atoms with E-state index in [1.54, 1.807) is 11.3 Å². The number of thiophene rings is 1. The molecule has 2 aromatic heterocycles. The van der Waals surface area contributed by atoms with Crippen molar-refractivity contribution in [3.05, 3.63) is 28.3 Å². The number of aromatic nitrogens is 2. The Balaban J connectivity index is 1.97. The molecule has 0 spiro atoms. The first-order valence-corrected chi connectivity index (χ1v) is 7.04. The smallest absolute Gasteiger partial charge is 0.316 e. The molecule has 0 bridgehead atoms. The highest BCUT2D eigenvalue weighted by molar-refractivity contribution is 7.10. The van der Waals surface area contributed by atoms with Gasteiger partial charge >= 0.3 is 6.01 Å². The molecule has 0 saturated carbocycles. The lowest BCUT2D eigenvalue weighted by Gasteiger charge is -2.12. The number of rotatable bonds is 7. The lowest BCUT2D eigenvalue weighted by Crippen LogP contribution is -2.11. The number of hydrogen-bond donors (Lipinski definition) is 2. The molecule has 1 atom stereocenters. The molecule has 0 aliphatic heterocycles. The van der Waals surface area contributed by atoms with Gasteiger partial charge in [-0.15, -0.1) is 16.4 Å². The van der Waals surface area contributed by atoms with Crippen LogP contribution >= 0.6 is 11.3 Å². The van der Waals surface area contributed by atoms with E-state index >= 15 is 0 Å². The van der Waals surface area contributed by atoms with Gasteiger partial charge in [-0.25, -0.2) is 0 Å². The second-order valence-corrected chi connectivity index (χ2v) is 4.88. The van der Waals surface area contributed by atoms with Gasteiger partial charge in [-0.3, -0.25) is 0 Å². The topological polar surface area (TPSA) is 63.0 Å². The van der Waals surface area contributed by atoms with Gasteiger partial charge in [0.15, 0.2) is 0 Å². The first-order valence-electron chi connectivity index (χ1n) is 6.16. The highest BCUT2D eigenvalue weighted by Crippen LogP contribution is 2.25.